The molecule has 1 aromatic rings. The van der Waals surface area contributed by atoms with Crippen LogP contribution in [0.4, 0.5) is 4.39 Å². The zero-order valence-corrected chi connectivity index (χ0v) is 10.8. The summed E-state index contributed by atoms with van der Waals surface area (Å²) in [4.78, 5) is 13.9. The van der Waals surface area contributed by atoms with E-state index in [0.29, 0.717) is 5.56 Å². The molecule has 0 bridgehead atoms. The van der Waals surface area contributed by atoms with Gasteiger partial charge in [0, 0.05) is 19.2 Å². The van der Waals surface area contributed by atoms with E-state index in [1.807, 2.05) is 6.92 Å². The standard InChI is InChI=1S/C14H19FN2O/c1-10(12-5-3-4-6-13(12)15)17(2)14(18)11-7-8-16-9-11/h3-6,10-11,16H,7-9H2,1-2H3/t10-,11-/m0/s1. The zero-order valence-electron chi connectivity index (χ0n) is 10.8. The minimum Gasteiger partial charge on any atom is -0.339 e. The predicted molar refractivity (Wildman–Crippen MR) is 68.6 cm³/mol. The van der Waals surface area contributed by atoms with E-state index in [1.54, 1.807) is 30.1 Å². The van der Waals surface area contributed by atoms with Crippen LogP contribution in [0.2, 0.25) is 0 Å². The first-order valence-electron chi connectivity index (χ1n) is 6.33. The number of nitrogens with zero attached hydrogens (tertiary/aromatic N) is 1. The highest BCUT2D eigenvalue weighted by Gasteiger charge is 2.28. The Bertz CT molecular complexity index is 430. The van der Waals surface area contributed by atoms with Crippen LogP contribution < -0.4 is 5.32 Å². The van der Waals surface area contributed by atoms with Crippen LogP contribution in [-0.4, -0.2) is 30.9 Å². The monoisotopic (exact) mass is 250 g/mol. The molecule has 3 nitrogen and oxygen atoms in total. The maximum Gasteiger partial charge on any atom is 0.227 e. The van der Waals surface area contributed by atoms with E-state index in [0.717, 1.165) is 19.5 Å². The molecule has 0 aromatic heterocycles. The van der Waals surface area contributed by atoms with Gasteiger partial charge in [-0.1, -0.05) is 18.2 Å². The van der Waals surface area contributed by atoms with Crippen LogP contribution >= 0.6 is 0 Å². The van der Waals surface area contributed by atoms with E-state index >= 15 is 0 Å². The second-order valence-electron chi connectivity index (χ2n) is 4.84. The van der Waals surface area contributed by atoms with Crippen molar-refractivity contribution in [3.63, 3.8) is 0 Å². The van der Waals surface area contributed by atoms with Crippen molar-refractivity contribution < 1.29 is 9.18 Å². The van der Waals surface area contributed by atoms with Crippen molar-refractivity contribution in [3.05, 3.63) is 35.6 Å². The van der Waals surface area contributed by atoms with Crippen LogP contribution in [0.1, 0.15) is 24.9 Å². The van der Waals surface area contributed by atoms with Gasteiger partial charge >= 0.3 is 0 Å². The average molecular weight is 250 g/mol. The van der Waals surface area contributed by atoms with Crippen LogP contribution in [0.5, 0.6) is 0 Å². The molecule has 1 saturated heterocycles. The van der Waals surface area contributed by atoms with Gasteiger partial charge in [0.1, 0.15) is 5.82 Å². The smallest absolute Gasteiger partial charge is 0.227 e. The van der Waals surface area contributed by atoms with E-state index in [-0.39, 0.29) is 23.7 Å². The summed E-state index contributed by atoms with van der Waals surface area (Å²) in [6, 6.07) is 6.38. The molecule has 1 fully saturated rings. The van der Waals surface area contributed by atoms with E-state index in [1.165, 1.54) is 6.07 Å². The SMILES string of the molecule is C[C@@H](c1ccccc1F)N(C)C(=O)[C@H]1CCNC1. The molecule has 0 radical (unpaired) electrons. The Kier molecular flexibility index (Phi) is 3.97. The summed E-state index contributed by atoms with van der Waals surface area (Å²) in [5.41, 5.74) is 0.569. The van der Waals surface area contributed by atoms with Crippen LogP contribution in [0.25, 0.3) is 0 Å². The lowest BCUT2D eigenvalue weighted by Crippen LogP contribution is -2.36. The molecule has 18 heavy (non-hydrogen) atoms. The molecular formula is C14H19FN2O. The summed E-state index contributed by atoms with van der Waals surface area (Å²) in [5.74, 6) is -0.130. The third-order valence-electron chi connectivity index (χ3n) is 3.69. The molecule has 1 N–H and O–H groups in total. The normalized spacial score (nSPS) is 20.7. The largest absolute Gasteiger partial charge is 0.339 e. The highest BCUT2D eigenvalue weighted by Crippen LogP contribution is 2.24. The Balaban J connectivity index is 2.10. The molecule has 0 saturated carbocycles. The molecule has 2 atom stereocenters. The number of hydrogen-bond acceptors (Lipinski definition) is 2. The highest BCUT2D eigenvalue weighted by molar-refractivity contribution is 5.79. The van der Waals surface area contributed by atoms with Gasteiger partial charge in [-0.3, -0.25) is 4.79 Å². The molecule has 98 valence electrons. The van der Waals surface area contributed by atoms with Crippen LogP contribution in [0.3, 0.4) is 0 Å². The second kappa shape index (κ2) is 5.48. The summed E-state index contributed by atoms with van der Waals surface area (Å²) in [7, 11) is 1.75. The maximum absolute atomic E-state index is 13.7. The van der Waals surface area contributed by atoms with Crippen LogP contribution in [0, 0.1) is 11.7 Å². The van der Waals surface area contributed by atoms with Crippen molar-refractivity contribution in [1.82, 2.24) is 10.2 Å². The zero-order chi connectivity index (χ0) is 13.1. The molecule has 1 aromatic carbocycles. The Labute approximate surface area is 107 Å². The summed E-state index contributed by atoms with van der Waals surface area (Å²) in [6.07, 6.45) is 0.868. The minimum absolute atomic E-state index is 0.0317. The molecule has 2 rings (SSSR count). The lowest BCUT2D eigenvalue weighted by molar-refractivity contribution is -0.135. The number of amides is 1. The van der Waals surface area contributed by atoms with Crippen molar-refractivity contribution in [2.45, 2.75) is 19.4 Å². The topological polar surface area (TPSA) is 32.3 Å². The number of benzene rings is 1. The van der Waals surface area contributed by atoms with Crippen molar-refractivity contribution in [3.8, 4) is 0 Å². The molecular weight excluding hydrogens is 231 g/mol. The fraction of sp³-hybridized carbons (Fsp3) is 0.500. The molecule has 1 aliphatic heterocycles. The second-order valence-corrected chi connectivity index (χ2v) is 4.84. The van der Waals surface area contributed by atoms with Gasteiger partial charge < -0.3 is 10.2 Å². The number of hydrogen-bond donors (Lipinski definition) is 1. The first kappa shape index (κ1) is 13.0. The number of rotatable bonds is 3. The van der Waals surface area contributed by atoms with Crippen molar-refractivity contribution in [2.75, 3.05) is 20.1 Å². The fourth-order valence-electron chi connectivity index (χ4n) is 2.37. The number of halogens is 1. The first-order valence-corrected chi connectivity index (χ1v) is 6.33. The third-order valence-corrected chi connectivity index (χ3v) is 3.69. The predicted octanol–water partition coefficient (Wildman–Crippen LogP) is 1.95. The van der Waals surface area contributed by atoms with Gasteiger partial charge in [0.15, 0.2) is 0 Å². The van der Waals surface area contributed by atoms with Crippen molar-refractivity contribution in [2.24, 2.45) is 5.92 Å². The fourth-order valence-corrected chi connectivity index (χ4v) is 2.37. The van der Waals surface area contributed by atoms with Crippen molar-refractivity contribution >= 4 is 5.91 Å². The van der Waals surface area contributed by atoms with Gasteiger partial charge in [0.2, 0.25) is 5.91 Å². The van der Waals surface area contributed by atoms with E-state index in [2.05, 4.69) is 5.32 Å². The average Bonchev–Trinajstić information content (AvgIpc) is 2.90. The summed E-state index contributed by atoms with van der Waals surface area (Å²) >= 11 is 0. The number of carbonyl (C=O) groups excluding carboxylic acids is 1. The van der Waals surface area contributed by atoms with E-state index < -0.39 is 0 Å². The van der Waals surface area contributed by atoms with Gasteiger partial charge in [-0.2, -0.15) is 0 Å². The molecule has 1 amide bonds. The lowest BCUT2D eigenvalue weighted by atomic mass is 10.0. The van der Waals surface area contributed by atoms with E-state index in [4.69, 9.17) is 0 Å². The van der Waals surface area contributed by atoms with E-state index in [9.17, 15) is 9.18 Å². The first-order chi connectivity index (χ1) is 8.61. The summed E-state index contributed by atoms with van der Waals surface area (Å²) in [6.45, 7) is 3.48. The molecule has 0 spiro atoms. The Hall–Kier alpha value is -1.42. The molecule has 1 heterocycles. The van der Waals surface area contributed by atoms with Gasteiger partial charge in [-0.15, -0.1) is 0 Å². The number of carbonyl (C=O) groups is 1. The van der Waals surface area contributed by atoms with Crippen molar-refractivity contribution in [1.29, 1.82) is 0 Å². The quantitative estimate of drug-likeness (QED) is 0.889. The molecule has 0 aliphatic carbocycles. The summed E-state index contributed by atoms with van der Waals surface area (Å²) in [5, 5.41) is 3.18. The van der Waals surface area contributed by atoms with Gasteiger partial charge in [0.25, 0.3) is 0 Å². The molecule has 0 unspecified atom stereocenters. The third kappa shape index (κ3) is 2.53. The molecule has 4 heteroatoms. The Morgan fingerprint density at radius 2 is 2.22 bits per heavy atom. The molecule has 1 aliphatic rings. The lowest BCUT2D eigenvalue weighted by Gasteiger charge is -2.28. The Morgan fingerprint density at radius 3 is 2.83 bits per heavy atom. The Morgan fingerprint density at radius 1 is 1.50 bits per heavy atom. The minimum atomic E-state index is -0.255. The van der Waals surface area contributed by atoms with Gasteiger partial charge in [0.05, 0.1) is 12.0 Å². The van der Waals surface area contributed by atoms with Gasteiger partial charge in [-0.25, -0.2) is 4.39 Å². The van der Waals surface area contributed by atoms with Gasteiger partial charge in [-0.05, 0) is 26.0 Å². The highest BCUT2D eigenvalue weighted by atomic mass is 19.1. The number of nitrogens with one attached hydrogen (secondary N) is 1. The van der Waals surface area contributed by atoms with Crippen LogP contribution in [-0.2, 0) is 4.79 Å². The summed E-state index contributed by atoms with van der Waals surface area (Å²) < 4.78 is 13.7. The van der Waals surface area contributed by atoms with Crippen LogP contribution in [0.15, 0.2) is 24.3 Å². The maximum atomic E-state index is 13.7.